The smallest absolute Gasteiger partial charge is 0.232 e. The van der Waals surface area contributed by atoms with Crippen molar-refractivity contribution in [1.29, 1.82) is 0 Å². The van der Waals surface area contributed by atoms with Gasteiger partial charge in [0.1, 0.15) is 0 Å². The predicted molar refractivity (Wildman–Crippen MR) is 99.0 cm³/mol. The number of anilines is 3. The molecule has 0 saturated carbocycles. The van der Waals surface area contributed by atoms with Gasteiger partial charge in [0.05, 0.1) is 5.92 Å². The summed E-state index contributed by atoms with van der Waals surface area (Å²) < 4.78 is 0. The Morgan fingerprint density at radius 3 is 2.38 bits per heavy atom. The fraction of sp³-hybridized carbons (Fsp3) is 0.368. The molecule has 26 heavy (non-hydrogen) atoms. The first-order chi connectivity index (χ1) is 12.7. The molecule has 7 heteroatoms. The zero-order chi connectivity index (χ0) is 17.9. The van der Waals surface area contributed by atoms with Crippen molar-refractivity contribution in [3.63, 3.8) is 0 Å². The lowest BCUT2D eigenvalue weighted by Crippen LogP contribution is -2.28. The number of carbonyl (C=O) groups excluding carboxylic acids is 2. The lowest BCUT2D eigenvalue weighted by atomic mass is 10.1. The summed E-state index contributed by atoms with van der Waals surface area (Å²) >= 11 is 0. The van der Waals surface area contributed by atoms with Crippen LogP contribution in [0.25, 0.3) is 0 Å². The van der Waals surface area contributed by atoms with Crippen LogP contribution in [0.3, 0.4) is 0 Å². The van der Waals surface area contributed by atoms with E-state index in [1.807, 2.05) is 12.1 Å². The van der Waals surface area contributed by atoms with E-state index in [0.717, 1.165) is 18.8 Å². The zero-order valence-corrected chi connectivity index (χ0v) is 14.5. The number of hydrogen-bond donors (Lipinski definition) is 1. The maximum atomic E-state index is 12.4. The van der Waals surface area contributed by atoms with Crippen molar-refractivity contribution in [3.8, 4) is 0 Å². The number of carbonyl (C=O) groups is 2. The molecule has 2 aromatic rings. The number of aromatic nitrogens is 2. The van der Waals surface area contributed by atoms with Crippen LogP contribution in [0.15, 0.2) is 42.7 Å². The fourth-order valence-electron chi connectivity index (χ4n) is 3.53. The largest absolute Gasteiger partial charge is 0.372 e. The van der Waals surface area contributed by atoms with E-state index in [-0.39, 0.29) is 24.2 Å². The summed E-state index contributed by atoms with van der Waals surface area (Å²) in [6, 6.07) is 9.72. The standard InChI is InChI=1S/C19H21N5O2/c25-17-12-14(18(26)22-19-20-8-3-9-21-19)13-24(17)16-6-4-15(5-7-16)23-10-1-2-11-23/h3-9,14H,1-2,10-13H2,(H,20,21,22,26). The number of amides is 2. The Kier molecular flexibility index (Phi) is 4.51. The summed E-state index contributed by atoms with van der Waals surface area (Å²) in [7, 11) is 0. The third kappa shape index (κ3) is 3.37. The highest BCUT2D eigenvalue weighted by atomic mass is 16.2. The second-order valence-corrected chi connectivity index (χ2v) is 6.68. The Bertz CT molecular complexity index is 787. The average Bonchev–Trinajstić information content (AvgIpc) is 3.33. The van der Waals surface area contributed by atoms with Gasteiger partial charge in [0.25, 0.3) is 0 Å². The SMILES string of the molecule is O=C(Nc1ncccn1)C1CC(=O)N(c2ccc(N3CCCC3)cc2)C1. The lowest BCUT2D eigenvalue weighted by Gasteiger charge is -2.20. The maximum Gasteiger partial charge on any atom is 0.232 e. The molecule has 2 fully saturated rings. The van der Waals surface area contributed by atoms with Crippen molar-refractivity contribution in [1.82, 2.24) is 9.97 Å². The molecule has 3 heterocycles. The molecule has 0 spiro atoms. The molecule has 4 rings (SSSR count). The van der Waals surface area contributed by atoms with Crippen LogP contribution >= 0.6 is 0 Å². The van der Waals surface area contributed by atoms with Gasteiger partial charge in [0.15, 0.2) is 0 Å². The van der Waals surface area contributed by atoms with Gasteiger partial charge in [-0.05, 0) is 43.2 Å². The first-order valence-corrected chi connectivity index (χ1v) is 8.94. The summed E-state index contributed by atoms with van der Waals surface area (Å²) in [5.41, 5.74) is 2.03. The topological polar surface area (TPSA) is 78.4 Å². The average molecular weight is 351 g/mol. The van der Waals surface area contributed by atoms with Crippen LogP contribution in [-0.4, -0.2) is 41.4 Å². The van der Waals surface area contributed by atoms with Gasteiger partial charge in [-0.1, -0.05) is 0 Å². The second kappa shape index (κ2) is 7.11. The van der Waals surface area contributed by atoms with E-state index in [4.69, 9.17) is 0 Å². The molecule has 134 valence electrons. The summed E-state index contributed by atoms with van der Waals surface area (Å²) in [5.74, 6) is -0.392. The lowest BCUT2D eigenvalue weighted by molar-refractivity contribution is -0.122. The Labute approximate surface area is 152 Å². The Hall–Kier alpha value is -2.96. The van der Waals surface area contributed by atoms with Gasteiger partial charge in [-0.3, -0.25) is 14.9 Å². The van der Waals surface area contributed by atoms with Crippen molar-refractivity contribution in [3.05, 3.63) is 42.7 Å². The summed E-state index contributed by atoms with van der Waals surface area (Å²) in [6.07, 6.45) is 5.79. The van der Waals surface area contributed by atoms with Crippen LogP contribution in [0.5, 0.6) is 0 Å². The highest BCUT2D eigenvalue weighted by Gasteiger charge is 2.35. The third-order valence-electron chi connectivity index (χ3n) is 4.93. The van der Waals surface area contributed by atoms with Gasteiger partial charge in [0.2, 0.25) is 17.8 Å². The number of hydrogen-bond acceptors (Lipinski definition) is 5. The van der Waals surface area contributed by atoms with Crippen LogP contribution in [0.1, 0.15) is 19.3 Å². The molecule has 0 bridgehead atoms. The quantitative estimate of drug-likeness (QED) is 0.912. The van der Waals surface area contributed by atoms with Crippen molar-refractivity contribution in [2.45, 2.75) is 19.3 Å². The van der Waals surface area contributed by atoms with Crippen molar-refractivity contribution < 1.29 is 9.59 Å². The van der Waals surface area contributed by atoms with Crippen molar-refractivity contribution in [2.75, 3.05) is 34.8 Å². The molecular weight excluding hydrogens is 330 g/mol. The maximum absolute atomic E-state index is 12.4. The molecule has 0 aliphatic carbocycles. The monoisotopic (exact) mass is 351 g/mol. The number of benzene rings is 1. The van der Waals surface area contributed by atoms with Gasteiger partial charge >= 0.3 is 0 Å². The molecule has 2 saturated heterocycles. The fourth-order valence-corrected chi connectivity index (χ4v) is 3.53. The molecule has 1 N–H and O–H groups in total. The number of nitrogens with zero attached hydrogens (tertiary/aromatic N) is 4. The first-order valence-electron chi connectivity index (χ1n) is 8.94. The molecule has 2 aliphatic heterocycles. The molecule has 1 aromatic heterocycles. The Morgan fingerprint density at radius 2 is 1.69 bits per heavy atom. The van der Waals surface area contributed by atoms with E-state index < -0.39 is 5.92 Å². The highest BCUT2D eigenvalue weighted by molar-refractivity contribution is 6.03. The Balaban J connectivity index is 1.41. The van der Waals surface area contributed by atoms with Gasteiger partial charge in [-0.2, -0.15) is 0 Å². The van der Waals surface area contributed by atoms with Crippen LogP contribution in [0.2, 0.25) is 0 Å². The second-order valence-electron chi connectivity index (χ2n) is 6.68. The van der Waals surface area contributed by atoms with Crippen LogP contribution in [0, 0.1) is 5.92 Å². The minimum atomic E-state index is -0.399. The first kappa shape index (κ1) is 16.5. The van der Waals surface area contributed by atoms with E-state index in [9.17, 15) is 9.59 Å². The van der Waals surface area contributed by atoms with Crippen LogP contribution in [0.4, 0.5) is 17.3 Å². The molecule has 0 radical (unpaired) electrons. The van der Waals surface area contributed by atoms with Gasteiger partial charge in [-0.25, -0.2) is 9.97 Å². The normalized spacial score (nSPS) is 19.8. The Morgan fingerprint density at radius 1 is 1.04 bits per heavy atom. The van der Waals surface area contributed by atoms with Crippen LogP contribution < -0.4 is 15.1 Å². The molecular formula is C19H21N5O2. The molecule has 1 aromatic carbocycles. The number of rotatable bonds is 4. The third-order valence-corrected chi connectivity index (χ3v) is 4.93. The number of nitrogens with one attached hydrogen (secondary N) is 1. The molecule has 2 amide bonds. The summed E-state index contributed by atoms with van der Waals surface area (Å²) in [5, 5.41) is 2.68. The minimum absolute atomic E-state index is 0.0342. The summed E-state index contributed by atoms with van der Waals surface area (Å²) in [4.78, 5) is 36.8. The molecule has 7 nitrogen and oxygen atoms in total. The van der Waals surface area contributed by atoms with E-state index in [1.54, 1.807) is 23.4 Å². The van der Waals surface area contributed by atoms with E-state index in [1.165, 1.54) is 18.5 Å². The predicted octanol–water partition coefficient (Wildman–Crippen LogP) is 2.07. The van der Waals surface area contributed by atoms with Crippen molar-refractivity contribution in [2.24, 2.45) is 5.92 Å². The van der Waals surface area contributed by atoms with Gasteiger partial charge in [0, 0.05) is 49.8 Å². The van der Waals surface area contributed by atoms with E-state index in [2.05, 4.69) is 32.3 Å². The molecule has 1 unspecified atom stereocenters. The molecule has 1 atom stereocenters. The molecule has 2 aliphatic rings. The summed E-state index contributed by atoms with van der Waals surface area (Å²) in [6.45, 7) is 2.55. The minimum Gasteiger partial charge on any atom is -0.372 e. The van der Waals surface area contributed by atoms with Gasteiger partial charge in [-0.15, -0.1) is 0 Å². The zero-order valence-electron chi connectivity index (χ0n) is 14.5. The van der Waals surface area contributed by atoms with Crippen LogP contribution in [-0.2, 0) is 9.59 Å². The van der Waals surface area contributed by atoms with Gasteiger partial charge < -0.3 is 9.80 Å². The highest BCUT2D eigenvalue weighted by Crippen LogP contribution is 2.28. The van der Waals surface area contributed by atoms with E-state index in [0.29, 0.717) is 6.54 Å². The van der Waals surface area contributed by atoms with E-state index >= 15 is 0 Å². The van der Waals surface area contributed by atoms with Crippen molar-refractivity contribution >= 4 is 29.1 Å².